The van der Waals surface area contributed by atoms with Gasteiger partial charge in [-0.1, -0.05) is 234 Å². The summed E-state index contributed by atoms with van der Waals surface area (Å²) >= 11 is 0. The van der Waals surface area contributed by atoms with Crippen molar-refractivity contribution in [1.82, 2.24) is 0 Å². The Balaban J connectivity index is 4.06. The van der Waals surface area contributed by atoms with Crippen LogP contribution in [0.4, 0.5) is 0 Å². The molecule has 0 N–H and O–H groups in total. The zero-order valence-electron chi connectivity index (χ0n) is 38.3. The molecular formula is C50H96O6. The van der Waals surface area contributed by atoms with Crippen LogP contribution in [0.25, 0.3) is 0 Å². The van der Waals surface area contributed by atoms with Crippen LogP contribution in [0.15, 0.2) is 0 Å². The van der Waals surface area contributed by atoms with Crippen molar-refractivity contribution in [2.24, 2.45) is 11.8 Å². The minimum Gasteiger partial charge on any atom is -0.462 e. The van der Waals surface area contributed by atoms with Gasteiger partial charge >= 0.3 is 17.9 Å². The smallest absolute Gasteiger partial charge is 0.306 e. The molecule has 0 spiro atoms. The number of hydrogen-bond donors (Lipinski definition) is 0. The lowest BCUT2D eigenvalue weighted by Crippen LogP contribution is -2.30. The second-order valence-electron chi connectivity index (χ2n) is 18.1. The van der Waals surface area contributed by atoms with Crippen molar-refractivity contribution in [3.05, 3.63) is 0 Å². The summed E-state index contributed by atoms with van der Waals surface area (Å²) in [5, 5.41) is 0. The Labute approximate surface area is 348 Å². The zero-order valence-corrected chi connectivity index (χ0v) is 38.3. The van der Waals surface area contributed by atoms with Gasteiger partial charge in [-0.15, -0.1) is 0 Å². The second kappa shape index (κ2) is 43.0. The van der Waals surface area contributed by atoms with Gasteiger partial charge in [-0.25, -0.2) is 0 Å². The third-order valence-electron chi connectivity index (χ3n) is 11.2. The average molecular weight is 793 g/mol. The first kappa shape index (κ1) is 54.4. The van der Waals surface area contributed by atoms with Crippen LogP contribution in [0, 0.1) is 11.8 Å². The van der Waals surface area contributed by atoms with E-state index in [0.717, 1.165) is 76.0 Å². The van der Waals surface area contributed by atoms with Gasteiger partial charge in [0, 0.05) is 19.3 Å². The molecule has 0 aliphatic rings. The number of esters is 3. The van der Waals surface area contributed by atoms with Crippen molar-refractivity contribution >= 4 is 17.9 Å². The average Bonchev–Trinajstić information content (AvgIpc) is 3.16. The number of ether oxygens (including phenoxy) is 3. The number of rotatable bonds is 44. The van der Waals surface area contributed by atoms with Crippen molar-refractivity contribution in [2.45, 2.75) is 278 Å². The third-order valence-corrected chi connectivity index (χ3v) is 11.2. The van der Waals surface area contributed by atoms with E-state index in [9.17, 15) is 14.4 Å². The molecule has 0 saturated heterocycles. The quantitative estimate of drug-likeness (QED) is 0.0347. The molecule has 0 aliphatic heterocycles. The topological polar surface area (TPSA) is 78.9 Å². The SMILES string of the molecule is CCCCCCCC(=O)OC[C@H](COC(=O)CCCCCCCCCCCCCCCCCCCCC(C)C)OC(=O)CCCCCCCCCCCC(C)C. The van der Waals surface area contributed by atoms with E-state index in [4.69, 9.17) is 14.2 Å². The van der Waals surface area contributed by atoms with Crippen molar-refractivity contribution < 1.29 is 28.6 Å². The van der Waals surface area contributed by atoms with Gasteiger partial charge in [-0.05, 0) is 31.1 Å². The maximum absolute atomic E-state index is 12.7. The molecule has 1 atom stereocenters. The molecule has 0 unspecified atom stereocenters. The first-order chi connectivity index (χ1) is 27.2. The van der Waals surface area contributed by atoms with Gasteiger partial charge in [0.25, 0.3) is 0 Å². The molecule has 6 nitrogen and oxygen atoms in total. The van der Waals surface area contributed by atoms with Gasteiger partial charge < -0.3 is 14.2 Å². The molecule has 0 amide bonds. The van der Waals surface area contributed by atoms with Crippen LogP contribution >= 0.6 is 0 Å². The van der Waals surface area contributed by atoms with E-state index in [0.29, 0.717) is 19.3 Å². The normalized spacial score (nSPS) is 12.1. The lowest BCUT2D eigenvalue weighted by Gasteiger charge is -2.18. The molecule has 0 aromatic heterocycles. The van der Waals surface area contributed by atoms with E-state index in [1.165, 1.54) is 154 Å². The summed E-state index contributed by atoms with van der Waals surface area (Å²) in [4.78, 5) is 37.5. The predicted octanol–water partition coefficient (Wildman–Crippen LogP) is 15.8. The zero-order chi connectivity index (χ0) is 41.2. The fourth-order valence-corrected chi connectivity index (χ4v) is 7.46. The van der Waals surface area contributed by atoms with Gasteiger partial charge in [0.15, 0.2) is 6.10 Å². The summed E-state index contributed by atoms with van der Waals surface area (Å²) in [5.41, 5.74) is 0. The maximum Gasteiger partial charge on any atom is 0.306 e. The standard InChI is InChI=1S/C50H96O6/c1-6-7-8-28-35-40-48(51)54-43-47(56-50(53)42-37-32-27-23-19-21-25-30-34-39-46(4)5)44-55-49(52)41-36-31-26-22-18-16-14-12-10-9-11-13-15-17-20-24-29-33-38-45(2)3/h45-47H,6-44H2,1-5H3/t47-/m1/s1. The van der Waals surface area contributed by atoms with Crippen LogP contribution in [-0.4, -0.2) is 37.2 Å². The molecule has 0 bridgehead atoms. The van der Waals surface area contributed by atoms with Crippen molar-refractivity contribution in [1.29, 1.82) is 0 Å². The summed E-state index contributed by atoms with van der Waals surface area (Å²) in [5.74, 6) is 0.798. The van der Waals surface area contributed by atoms with Crippen LogP contribution in [0.3, 0.4) is 0 Å². The van der Waals surface area contributed by atoms with E-state index in [2.05, 4.69) is 34.6 Å². The fourth-order valence-electron chi connectivity index (χ4n) is 7.46. The van der Waals surface area contributed by atoms with Crippen LogP contribution in [0.2, 0.25) is 0 Å². The van der Waals surface area contributed by atoms with Crippen LogP contribution in [-0.2, 0) is 28.6 Å². The molecule has 0 aliphatic carbocycles. The summed E-state index contributed by atoms with van der Waals surface area (Å²) < 4.78 is 16.6. The Kier molecular flexibility index (Phi) is 41.8. The molecule has 0 radical (unpaired) electrons. The third kappa shape index (κ3) is 43.5. The highest BCUT2D eigenvalue weighted by molar-refractivity contribution is 5.71. The lowest BCUT2D eigenvalue weighted by atomic mass is 10.0. The van der Waals surface area contributed by atoms with E-state index >= 15 is 0 Å². The molecule has 56 heavy (non-hydrogen) atoms. The first-order valence-corrected chi connectivity index (χ1v) is 24.7. The molecule has 0 aromatic carbocycles. The van der Waals surface area contributed by atoms with E-state index in [1.54, 1.807) is 0 Å². The van der Waals surface area contributed by atoms with Gasteiger partial charge in [-0.3, -0.25) is 14.4 Å². The van der Waals surface area contributed by atoms with Gasteiger partial charge in [0.05, 0.1) is 0 Å². The van der Waals surface area contributed by atoms with Crippen LogP contribution < -0.4 is 0 Å². The summed E-state index contributed by atoms with van der Waals surface area (Å²) in [6, 6.07) is 0. The van der Waals surface area contributed by atoms with Crippen molar-refractivity contribution in [3.63, 3.8) is 0 Å². The molecule has 0 fully saturated rings. The number of carbonyl (C=O) groups is 3. The minimum absolute atomic E-state index is 0.0653. The van der Waals surface area contributed by atoms with Crippen molar-refractivity contribution in [2.75, 3.05) is 13.2 Å². The molecule has 332 valence electrons. The molecule has 0 aromatic rings. The predicted molar refractivity (Wildman–Crippen MR) is 238 cm³/mol. The number of carbonyl (C=O) groups excluding carboxylic acids is 3. The largest absolute Gasteiger partial charge is 0.462 e. The summed E-state index contributed by atoms with van der Waals surface area (Å²) in [6.45, 7) is 11.3. The molecule has 0 rings (SSSR count). The Morgan fingerprint density at radius 2 is 0.589 bits per heavy atom. The molecule has 0 heterocycles. The highest BCUT2D eigenvalue weighted by atomic mass is 16.6. The first-order valence-electron chi connectivity index (χ1n) is 24.7. The monoisotopic (exact) mass is 793 g/mol. The van der Waals surface area contributed by atoms with Crippen molar-refractivity contribution in [3.8, 4) is 0 Å². The molecular weight excluding hydrogens is 697 g/mol. The van der Waals surface area contributed by atoms with Gasteiger partial charge in [-0.2, -0.15) is 0 Å². The Morgan fingerprint density at radius 1 is 0.339 bits per heavy atom. The Bertz CT molecular complexity index is 854. The lowest BCUT2D eigenvalue weighted by molar-refractivity contribution is -0.167. The summed E-state index contributed by atoms with van der Waals surface area (Å²) in [6.07, 6.45) is 42.7. The minimum atomic E-state index is -0.759. The Morgan fingerprint density at radius 3 is 0.875 bits per heavy atom. The highest BCUT2D eigenvalue weighted by Crippen LogP contribution is 2.17. The van der Waals surface area contributed by atoms with Gasteiger partial charge in [0.2, 0.25) is 0 Å². The van der Waals surface area contributed by atoms with E-state index in [1.807, 2.05) is 0 Å². The van der Waals surface area contributed by atoms with E-state index < -0.39 is 6.10 Å². The van der Waals surface area contributed by atoms with Crippen LogP contribution in [0.5, 0.6) is 0 Å². The number of hydrogen-bond acceptors (Lipinski definition) is 6. The van der Waals surface area contributed by atoms with Gasteiger partial charge in [0.1, 0.15) is 13.2 Å². The Hall–Kier alpha value is -1.59. The fraction of sp³-hybridized carbons (Fsp3) is 0.940. The summed E-state index contributed by atoms with van der Waals surface area (Å²) in [7, 11) is 0. The number of unbranched alkanes of at least 4 members (excludes halogenated alkanes) is 29. The second-order valence-corrected chi connectivity index (χ2v) is 18.1. The van der Waals surface area contributed by atoms with Crippen LogP contribution in [0.1, 0.15) is 272 Å². The molecule has 0 saturated carbocycles. The highest BCUT2D eigenvalue weighted by Gasteiger charge is 2.19. The van der Waals surface area contributed by atoms with E-state index in [-0.39, 0.29) is 31.1 Å². The maximum atomic E-state index is 12.7. The molecule has 6 heteroatoms.